The first kappa shape index (κ1) is 13.9. The minimum atomic E-state index is -0.332. The molecule has 0 N–H and O–H groups in total. The maximum absolute atomic E-state index is 12.5. The summed E-state index contributed by atoms with van der Waals surface area (Å²) in [6.07, 6.45) is 0.582. The Labute approximate surface area is 128 Å². The molecule has 3 nitrogen and oxygen atoms in total. The van der Waals surface area contributed by atoms with E-state index < -0.39 is 0 Å². The van der Waals surface area contributed by atoms with Gasteiger partial charge in [-0.15, -0.1) is 0 Å². The fraction of sp³-hybridized carbons (Fsp3) is 0.176. The third-order valence-electron chi connectivity index (χ3n) is 3.48. The first-order valence-corrected chi connectivity index (χ1v) is 7.68. The molecule has 21 heavy (non-hydrogen) atoms. The van der Waals surface area contributed by atoms with E-state index >= 15 is 0 Å². The number of hydrogen-bond donors (Lipinski definition) is 0. The number of benzene rings is 2. The van der Waals surface area contributed by atoms with Crippen molar-refractivity contribution in [1.82, 2.24) is 0 Å². The minimum Gasteiger partial charge on any atom is -0.273 e. The predicted octanol–water partition coefficient (Wildman–Crippen LogP) is 3.81. The molecule has 1 atom stereocenters. The number of aryl methyl sites for hydroxylation is 1. The Hall–Kier alpha value is -2.07. The maximum atomic E-state index is 12.5. The minimum absolute atomic E-state index is 0.127. The molecule has 0 bridgehead atoms. The van der Waals surface area contributed by atoms with Crippen LogP contribution in [0, 0.1) is 6.92 Å². The summed E-state index contributed by atoms with van der Waals surface area (Å²) in [6.45, 7) is 1.98. The Morgan fingerprint density at radius 1 is 1.00 bits per heavy atom. The topological polar surface area (TPSA) is 37.4 Å². The highest BCUT2D eigenvalue weighted by Crippen LogP contribution is 2.33. The van der Waals surface area contributed by atoms with Gasteiger partial charge in [-0.3, -0.25) is 9.59 Å². The molecule has 1 aliphatic rings. The van der Waals surface area contributed by atoms with Gasteiger partial charge in [0.2, 0.25) is 5.91 Å². The van der Waals surface area contributed by atoms with E-state index in [1.165, 1.54) is 4.90 Å². The van der Waals surface area contributed by atoms with E-state index in [9.17, 15) is 9.59 Å². The largest absolute Gasteiger partial charge is 0.293 e. The summed E-state index contributed by atoms with van der Waals surface area (Å²) >= 11 is 1.11. The second kappa shape index (κ2) is 5.74. The van der Waals surface area contributed by atoms with Crippen molar-refractivity contribution >= 4 is 28.6 Å². The van der Waals surface area contributed by atoms with Gasteiger partial charge in [-0.05, 0) is 31.0 Å². The van der Waals surface area contributed by atoms with Gasteiger partial charge in [-0.2, -0.15) is 0 Å². The van der Waals surface area contributed by atoms with Crippen molar-refractivity contribution in [2.45, 2.75) is 18.6 Å². The zero-order valence-electron chi connectivity index (χ0n) is 11.7. The van der Waals surface area contributed by atoms with Crippen LogP contribution in [-0.2, 0) is 11.2 Å². The Bertz CT molecular complexity index is 667. The molecule has 0 aromatic heterocycles. The summed E-state index contributed by atoms with van der Waals surface area (Å²) in [7, 11) is 0. The van der Waals surface area contributed by atoms with Crippen LogP contribution in [0.5, 0.6) is 0 Å². The van der Waals surface area contributed by atoms with Crippen LogP contribution >= 0.6 is 11.8 Å². The highest BCUT2D eigenvalue weighted by molar-refractivity contribution is 8.15. The van der Waals surface area contributed by atoms with Crippen molar-refractivity contribution in [1.29, 1.82) is 0 Å². The summed E-state index contributed by atoms with van der Waals surface area (Å²) < 4.78 is 0. The van der Waals surface area contributed by atoms with Gasteiger partial charge in [-0.1, -0.05) is 59.8 Å². The lowest BCUT2D eigenvalue weighted by molar-refractivity contribution is -0.117. The number of hydrogen-bond acceptors (Lipinski definition) is 3. The van der Waals surface area contributed by atoms with Gasteiger partial charge in [0.25, 0.3) is 5.24 Å². The molecule has 1 aliphatic heterocycles. The van der Waals surface area contributed by atoms with Gasteiger partial charge >= 0.3 is 0 Å². The number of amides is 2. The highest BCUT2D eigenvalue weighted by Gasteiger charge is 2.40. The Balaban J connectivity index is 1.80. The second-order valence-electron chi connectivity index (χ2n) is 5.07. The Morgan fingerprint density at radius 3 is 2.33 bits per heavy atom. The van der Waals surface area contributed by atoms with Crippen molar-refractivity contribution < 1.29 is 9.59 Å². The summed E-state index contributed by atoms with van der Waals surface area (Å²) in [5.74, 6) is -0.127. The van der Waals surface area contributed by atoms with Crippen LogP contribution in [0.4, 0.5) is 10.5 Å². The summed E-state index contributed by atoms with van der Waals surface area (Å²) in [5.41, 5.74) is 2.83. The molecular weight excluding hydrogens is 282 g/mol. The van der Waals surface area contributed by atoms with Crippen LogP contribution in [-0.4, -0.2) is 16.4 Å². The zero-order valence-corrected chi connectivity index (χ0v) is 12.5. The van der Waals surface area contributed by atoms with Gasteiger partial charge in [0.05, 0.1) is 10.9 Å². The molecule has 2 amide bonds. The molecular formula is C17H15NO2S. The second-order valence-corrected chi connectivity index (χ2v) is 6.23. The summed E-state index contributed by atoms with van der Waals surface area (Å²) in [4.78, 5) is 25.9. The van der Waals surface area contributed by atoms with Crippen molar-refractivity contribution in [2.75, 3.05) is 4.90 Å². The van der Waals surface area contributed by atoms with Crippen LogP contribution in [0.15, 0.2) is 54.6 Å². The fourth-order valence-electron chi connectivity index (χ4n) is 2.34. The number of carbonyl (C=O) groups excluding carboxylic acids is 2. The van der Waals surface area contributed by atoms with E-state index in [1.54, 1.807) is 0 Å². The molecule has 1 fully saturated rings. The van der Waals surface area contributed by atoms with Gasteiger partial charge in [0, 0.05) is 0 Å². The van der Waals surface area contributed by atoms with Gasteiger partial charge in [0.1, 0.15) is 0 Å². The number of carbonyl (C=O) groups is 2. The van der Waals surface area contributed by atoms with Crippen LogP contribution in [0.2, 0.25) is 0 Å². The molecule has 0 saturated carbocycles. The van der Waals surface area contributed by atoms with E-state index in [4.69, 9.17) is 0 Å². The van der Waals surface area contributed by atoms with Gasteiger partial charge in [0.15, 0.2) is 0 Å². The molecule has 3 rings (SSSR count). The predicted molar refractivity (Wildman–Crippen MR) is 85.6 cm³/mol. The lowest BCUT2D eigenvalue weighted by Gasteiger charge is -2.14. The van der Waals surface area contributed by atoms with E-state index in [1.807, 2.05) is 61.5 Å². The molecule has 0 unspecified atom stereocenters. The fourth-order valence-corrected chi connectivity index (χ4v) is 3.37. The Kier molecular flexibility index (Phi) is 3.80. The lowest BCUT2D eigenvalue weighted by Crippen LogP contribution is -2.32. The first-order valence-electron chi connectivity index (χ1n) is 6.80. The SMILES string of the molecule is Cc1ccc(N2C(=O)S[C@@H](Cc3ccccc3)C2=O)cc1. The molecule has 1 saturated heterocycles. The Morgan fingerprint density at radius 2 is 1.67 bits per heavy atom. The van der Waals surface area contributed by atoms with Crippen LogP contribution in [0.1, 0.15) is 11.1 Å². The molecule has 2 aromatic rings. The smallest absolute Gasteiger partial charge is 0.273 e. The van der Waals surface area contributed by atoms with Crippen LogP contribution in [0.3, 0.4) is 0 Å². The average molecular weight is 297 g/mol. The number of rotatable bonds is 3. The third kappa shape index (κ3) is 2.85. The summed E-state index contributed by atoms with van der Waals surface area (Å²) in [6, 6.07) is 17.2. The van der Waals surface area contributed by atoms with Gasteiger partial charge in [-0.25, -0.2) is 4.90 Å². The van der Waals surface area contributed by atoms with Crippen LogP contribution in [0.25, 0.3) is 0 Å². The van der Waals surface area contributed by atoms with Crippen molar-refractivity contribution in [3.05, 3.63) is 65.7 Å². The number of anilines is 1. The van der Waals surface area contributed by atoms with E-state index in [-0.39, 0.29) is 16.4 Å². The summed E-state index contributed by atoms with van der Waals surface area (Å²) in [5, 5.41) is -0.522. The number of imide groups is 1. The normalized spacial score (nSPS) is 18.3. The molecule has 2 aromatic carbocycles. The van der Waals surface area contributed by atoms with Crippen molar-refractivity contribution in [3.63, 3.8) is 0 Å². The number of nitrogens with zero attached hydrogens (tertiary/aromatic N) is 1. The molecule has 0 spiro atoms. The maximum Gasteiger partial charge on any atom is 0.293 e. The first-order chi connectivity index (χ1) is 10.1. The van der Waals surface area contributed by atoms with E-state index in [2.05, 4.69) is 0 Å². The van der Waals surface area contributed by atoms with E-state index in [0.717, 1.165) is 22.9 Å². The van der Waals surface area contributed by atoms with Crippen molar-refractivity contribution in [2.24, 2.45) is 0 Å². The third-order valence-corrected chi connectivity index (χ3v) is 4.51. The van der Waals surface area contributed by atoms with Crippen LogP contribution < -0.4 is 4.90 Å². The molecule has 0 radical (unpaired) electrons. The lowest BCUT2D eigenvalue weighted by atomic mass is 10.1. The standard InChI is InChI=1S/C17H15NO2S/c1-12-7-9-14(10-8-12)18-16(19)15(21-17(18)20)11-13-5-3-2-4-6-13/h2-10,15H,11H2,1H3/t15-/m0/s1. The average Bonchev–Trinajstić information content (AvgIpc) is 2.76. The molecule has 106 valence electrons. The molecule has 1 heterocycles. The number of thioether (sulfide) groups is 1. The highest BCUT2D eigenvalue weighted by atomic mass is 32.2. The van der Waals surface area contributed by atoms with Gasteiger partial charge < -0.3 is 0 Å². The monoisotopic (exact) mass is 297 g/mol. The van der Waals surface area contributed by atoms with Crippen molar-refractivity contribution in [3.8, 4) is 0 Å². The van der Waals surface area contributed by atoms with E-state index in [0.29, 0.717) is 12.1 Å². The zero-order chi connectivity index (χ0) is 14.8. The molecule has 0 aliphatic carbocycles. The quantitative estimate of drug-likeness (QED) is 0.864. The molecule has 4 heteroatoms.